The molecule has 98 valence electrons. The lowest BCUT2D eigenvalue weighted by Gasteiger charge is -2.29. The lowest BCUT2D eigenvalue weighted by molar-refractivity contribution is -0.130. The van der Waals surface area contributed by atoms with Crippen molar-refractivity contribution in [3.63, 3.8) is 0 Å². The van der Waals surface area contributed by atoms with E-state index in [-0.39, 0.29) is 18.0 Å². The zero-order valence-corrected chi connectivity index (χ0v) is 11.1. The maximum absolute atomic E-state index is 11.9. The number of benzene rings is 1. The fraction of sp³-hybridized carbons (Fsp3) is 0.500. The lowest BCUT2D eigenvalue weighted by Crippen LogP contribution is -2.45. The molecule has 1 aliphatic rings. The van der Waals surface area contributed by atoms with Crippen LogP contribution in [0.5, 0.6) is 0 Å². The first kappa shape index (κ1) is 13.1. The Balaban J connectivity index is 2.10. The van der Waals surface area contributed by atoms with Crippen molar-refractivity contribution in [3.8, 4) is 0 Å². The largest absolute Gasteiger partial charge is 0.375 e. The number of hydrogen-bond acceptors (Lipinski definition) is 3. The minimum atomic E-state index is -0.209. The van der Waals surface area contributed by atoms with Crippen LogP contribution in [-0.4, -0.2) is 37.6 Å². The Bertz CT molecular complexity index is 432. The van der Waals surface area contributed by atoms with Gasteiger partial charge < -0.3 is 9.64 Å². The van der Waals surface area contributed by atoms with Gasteiger partial charge in [0.15, 0.2) is 0 Å². The van der Waals surface area contributed by atoms with Crippen LogP contribution in [0, 0.1) is 0 Å². The van der Waals surface area contributed by atoms with Crippen molar-refractivity contribution in [1.82, 2.24) is 10.2 Å². The number of amides is 1. The molecule has 18 heavy (non-hydrogen) atoms. The number of carbonyl (C=O) groups excluding carboxylic acids is 1. The maximum Gasteiger partial charge on any atom is 0.238 e. The number of rotatable bonds is 3. The third-order valence-electron chi connectivity index (χ3n) is 3.23. The summed E-state index contributed by atoms with van der Waals surface area (Å²) in [4.78, 5) is 13.5. The minimum Gasteiger partial charge on any atom is -0.375 e. The van der Waals surface area contributed by atoms with E-state index in [0.717, 1.165) is 0 Å². The SMILES string of the molecule is CC(NC1COCc2ccccc21)C(=O)N(C)C. The summed E-state index contributed by atoms with van der Waals surface area (Å²) in [6.07, 6.45) is 0. The van der Waals surface area contributed by atoms with Crippen LogP contribution in [-0.2, 0) is 16.1 Å². The fourth-order valence-corrected chi connectivity index (χ4v) is 2.28. The van der Waals surface area contributed by atoms with Crippen LogP contribution in [0.15, 0.2) is 24.3 Å². The predicted octanol–water partition coefficient (Wildman–Crippen LogP) is 1.32. The summed E-state index contributed by atoms with van der Waals surface area (Å²) in [7, 11) is 3.54. The van der Waals surface area contributed by atoms with Crippen molar-refractivity contribution in [2.45, 2.75) is 25.6 Å². The van der Waals surface area contributed by atoms with Gasteiger partial charge in [-0.05, 0) is 18.1 Å². The van der Waals surface area contributed by atoms with Crippen LogP contribution in [0.3, 0.4) is 0 Å². The second-order valence-electron chi connectivity index (χ2n) is 4.89. The standard InChI is InChI=1S/C14H20N2O2/c1-10(14(17)16(2)3)15-13-9-18-8-11-6-4-5-7-12(11)13/h4-7,10,13,15H,8-9H2,1-3H3. The molecule has 1 heterocycles. The third-order valence-corrected chi connectivity index (χ3v) is 3.23. The second-order valence-corrected chi connectivity index (χ2v) is 4.89. The molecule has 0 radical (unpaired) electrons. The zero-order chi connectivity index (χ0) is 13.1. The van der Waals surface area contributed by atoms with Gasteiger partial charge in [0.1, 0.15) is 0 Å². The first-order valence-corrected chi connectivity index (χ1v) is 6.22. The lowest BCUT2D eigenvalue weighted by atomic mass is 9.98. The van der Waals surface area contributed by atoms with Crippen LogP contribution in [0.25, 0.3) is 0 Å². The summed E-state index contributed by atoms with van der Waals surface area (Å²) in [6, 6.07) is 8.09. The van der Waals surface area contributed by atoms with Gasteiger partial charge in [-0.25, -0.2) is 0 Å². The van der Waals surface area contributed by atoms with Crippen molar-refractivity contribution >= 4 is 5.91 Å². The smallest absolute Gasteiger partial charge is 0.238 e. The van der Waals surface area contributed by atoms with Gasteiger partial charge in [-0.15, -0.1) is 0 Å². The minimum absolute atomic E-state index is 0.0815. The molecule has 0 spiro atoms. The van der Waals surface area contributed by atoms with Crippen LogP contribution in [0.4, 0.5) is 0 Å². The summed E-state index contributed by atoms with van der Waals surface area (Å²) in [5.74, 6) is 0.0815. The molecule has 0 fully saturated rings. The highest BCUT2D eigenvalue weighted by molar-refractivity contribution is 5.81. The first-order valence-electron chi connectivity index (χ1n) is 6.22. The maximum atomic E-state index is 11.9. The molecule has 2 unspecified atom stereocenters. The summed E-state index contributed by atoms with van der Waals surface area (Å²) in [5, 5.41) is 3.34. The molecular weight excluding hydrogens is 228 g/mol. The molecule has 1 amide bonds. The molecule has 1 aromatic carbocycles. The molecule has 0 saturated carbocycles. The Morgan fingerprint density at radius 2 is 2.17 bits per heavy atom. The van der Waals surface area contributed by atoms with Gasteiger partial charge in [-0.1, -0.05) is 24.3 Å². The molecule has 0 aliphatic carbocycles. The highest BCUT2D eigenvalue weighted by Gasteiger charge is 2.24. The molecule has 1 N–H and O–H groups in total. The van der Waals surface area contributed by atoms with Gasteiger partial charge in [-0.3, -0.25) is 10.1 Å². The Labute approximate surface area is 108 Å². The third kappa shape index (κ3) is 2.71. The van der Waals surface area contributed by atoms with Gasteiger partial charge in [0.05, 0.1) is 25.3 Å². The molecule has 2 rings (SSSR count). The van der Waals surface area contributed by atoms with Crippen molar-refractivity contribution < 1.29 is 9.53 Å². The Morgan fingerprint density at radius 3 is 2.89 bits per heavy atom. The van der Waals surface area contributed by atoms with Crippen molar-refractivity contribution in [2.75, 3.05) is 20.7 Å². The molecular formula is C14H20N2O2. The van der Waals surface area contributed by atoms with Gasteiger partial charge in [-0.2, -0.15) is 0 Å². The quantitative estimate of drug-likeness (QED) is 0.877. The van der Waals surface area contributed by atoms with Crippen LogP contribution < -0.4 is 5.32 Å². The number of carbonyl (C=O) groups is 1. The molecule has 0 saturated heterocycles. The summed E-state index contributed by atoms with van der Waals surface area (Å²) in [6.45, 7) is 3.16. The van der Waals surface area contributed by atoms with Crippen molar-refractivity contribution in [2.24, 2.45) is 0 Å². The Morgan fingerprint density at radius 1 is 1.44 bits per heavy atom. The van der Waals surface area contributed by atoms with Crippen molar-refractivity contribution in [1.29, 1.82) is 0 Å². The van der Waals surface area contributed by atoms with Gasteiger partial charge in [0, 0.05) is 14.1 Å². The normalized spacial score (nSPS) is 20.1. The highest BCUT2D eigenvalue weighted by atomic mass is 16.5. The second kappa shape index (κ2) is 5.50. The van der Waals surface area contributed by atoms with Crippen LogP contribution in [0.1, 0.15) is 24.1 Å². The van der Waals surface area contributed by atoms with Gasteiger partial charge >= 0.3 is 0 Å². The number of hydrogen-bond donors (Lipinski definition) is 1. The van der Waals surface area contributed by atoms with Gasteiger partial charge in [0.2, 0.25) is 5.91 Å². The molecule has 4 nitrogen and oxygen atoms in total. The predicted molar refractivity (Wildman–Crippen MR) is 70.1 cm³/mol. The van der Waals surface area contributed by atoms with E-state index < -0.39 is 0 Å². The summed E-state index contributed by atoms with van der Waals surface area (Å²) in [5.41, 5.74) is 2.44. The summed E-state index contributed by atoms with van der Waals surface area (Å²) >= 11 is 0. The van der Waals surface area contributed by atoms with Crippen LogP contribution >= 0.6 is 0 Å². The Kier molecular flexibility index (Phi) is 3.99. The number of ether oxygens (including phenoxy) is 1. The Hall–Kier alpha value is -1.39. The highest BCUT2D eigenvalue weighted by Crippen LogP contribution is 2.24. The molecule has 0 aromatic heterocycles. The average Bonchev–Trinajstić information content (AvgIpc) is 2.38. The molecule has 2 atom stereocenters. The van der Waals surface area contributed by atoms with E-state index in [1.807, 2.05) is 19.1 Å². The number of nitrogens with one attached hydrogen (secondary N) is 1. The van der Waals surface area contributed by atoms with E-state index in [1.54, 1.807) is 19.0 Å². The zero-order valence-electron chi connectivity index (χ0n) is 11.1. The van der Waals surface area contributed by atoms with E-state index in [9.17, 15) is 4.79 Å². The molecule has 0 bridgehead atoms. The summed E-state index contributed by atoms with van der Waals surface area (Å²) < 4.78 is 5.56. The van der Waals surface area contributed by atoms with E-state index in [2.05, 4.69) is 17.4 Å². The van der Waals surface area contributed by atoms with Crippen molar-refractivity contribution in [3.05, 3.63) is 35.4 Å². The van der Waals surface area contributed by atoms with E-state index in [4.69, 9.17) is 4.74 Å². The van der Waals surface area contributed by atoms with Gasteiger partial charge in [0.25, 0.3) is 0 Å². The van der Waals surface area contributed by atoms with E-state index in [0.29, 0.717) is 13.2 Å². The first-order chi connectivity index (χ1) is 8.59. The average molecular weight is 248 g/mol. The van der Waals surface area contributed by atoms with E-state index in [1.165, 1.54) is 11.1 Å². The molecule has 1 aromatic rings. The monoisotopic (exact) mass is 248 g/mol. The van der Waals surface area contributed by atoms with Crippen LogP contribution in [0.2, 0.25) is 0 Å². The topological polar surface area (TPSA) is 41.6 Å². The number of nitrogens with zero attached hydrogens (tertiary/aromatic N) is 1. The number of likely N-dealkylation sites (N-methyl/N-ethyl adjacent to an activating group) is 1. The molecule has 4 heteroatoms. The fourth-order valence-electron chi connectivity index (χ4n) is 2.28. The molecule has 1 aliphatic heterocycles. The number of fused-ring (bicyclic) bond motifs is 1. The van der Waals surface area contributed by atoms with E-state index >= 15 is 0 Å².